The lowest BCUT2D eigenvalue weighted by Gasteiger charge is -1.98. The summed E-state index contributed by atoms with van der Waals surface area (Å²) in [4.78, 5) is 4.46. The van der Waals surface area contributed by atoms with Gasteiger partial charge < -0.3 is 4.74 Å². The summed E-state index contributed by atoms with van der Waals surface area (Å²) in [6, 6.07) is 1.91. The average molecular weight is 355 g/mol. The fourth-order valence-electron chi connectivity index (χ4n) is 1.73. The summed E-state index contributed by atoms with van der Waals surface area (Å²) in [6.07, 6.45) is 7.33. The van der Waals surface area contributed by atoms with Gasteiger partial charge >= 0.3 is 0 Å². The van der Waals surface area contributed by atoms with Gasteiger partial charge in [-0.15, -0.1) is 0 Å². The van der Waals surface area contributed by atoms with E-state index in [0.717, 1.165) is 20.6 Å². The summed E-state index contributed by atoms with van der Waals surface area (Å²) >= 11 is 2.18. The van der Waals surface area contributed by atoms with E-state index in [1.54, 1.807) is 28.7 Å². The smallest absolute Gasteiger partial charge is 0.182 e. The van der Waals surface area contributed by atoms with Crippen LogP contribution in [0.4, 0.5) is 0 Å². The van der Waals surface area contributed by atoms with Crippen LogP contribution in [0.3, 0.4) is 0 Å². The van der Waals surface area contributed by atoms with Gasteiger partial charge in [0.1, 0.15) is 9.39 Å². The first-order valence-corrected chi connectivity index (χ1v) is 6.38. The van der Waals surface area contributed by atoms with E-state index in [1.165, 1.54) is 0 Å². The Labute approximate surface area is 117 Å². The van der Waals surface area contributed by atoms with E-state index < -0.39 is 0 Å². The second-order valence-electron chi connectivity index (χ2n) is 3.77. The van der Waals surface area contributed by atoms with Crippen LogP contribution in [0, 0.1) is 3.70 Å². The number of ether oxygens (including phenoxy) is 1. The summed E-state index contributed by atoms with van der Waals surface area (Å²) in [5.74, 6) is 0. The van der Waals surface area contributed by atoms with E-state index in [9.17, 15) is 0 Å². The average Bonchev–Trinajstić information content (AvgIpc) is 2.95. The third kappa shape index (κ3) is 1.99. The third-order valence-corrected chi connectivity index (χ3v) is 3.11. The molecular formula is C11H10IN5O. The fourth-order valence-corrected chi connectivity index (χ4v) is 2.12. The molecule has 0 atom stereocenters. The van der Waals surface area contributed by atoms with Crippen molar-refractivity contribution in [2.24, 2.45) is 0 Å². The van der Waals surface area contributed by atoms with E-state index >= 15 is 0 Å². The van der Waals surface area contributed by atoms with Gasteiger partial charge in [0, 0.05) is 25.1 Å². The van der Waals surface area contributed by atoms with Gasteiger partial charge in [-0.25, -0.2) is 14.2 Å². The SMILES string of the molecule is COCc1cnn(-c2cnn3ccc(I)nc23)c1. The number of aromatic nitrogens is 5. The molecule has 0 fully saturated rings. The summed E-state index contributed by atoms with van der Waals surface area (Å²) in [7, 11) is 1.66. The van der Waals surface area contributed by atoms with Crippen molar-refractivity contribution in [1.82, 2.24) is 24.4 Å². The molecule has 0 unspecified atom stereocenters. The van der Waals surface area contributed by atoms with Crippen LogP contribution in [-0.4, -0.2) is 31.5 Å². The second-order valence-corrected chi connectivity index (χ2v) is 4.88. The molecular weight excluding hydrogens is 345 g/mol. The maximum atomic E-state index is 5.07. The molecule has 0 aliphatic rings. The monoisotopic (exact) mass is 355 g/mol. The highest BCUT2D eigenvalue weighted by molar-refractivity contribution is 14.1. The van der Waals surface area contributed by atoms with Crippen LogP contribution in [0.1, 0.15) is 5.56 Å². The molecule has 0 aliphatic carbocycles. The molecule has 0 N–H and O–H groups in total. The highest BCUT2D eigenvalue weighted by Crippen LogP contribution is 2.15. The zero-order chi connectivity index (χ0) is 12.5. The fraction of sp³-hybridized carbons (Fsp3) is 0.182. The Morgan fingerprint density at radius 2 is 2.22 bits per heavy atom. The molecule has 3 aromatic heterocycles. The largest absolute Gasteiger partial charge is 0.380 e. The molecule has 92 valence electrons. The third-order valence-electron chi connectivity index (χ3n) is 2.51. The number of fused-ring (bicyclic) bond motifs is 1. The predicted molar refractivity (Wildman–Crippen MR) is 73.5 cm³/mol. The summed E-state index contributed by atoms with van der Waals surface area (Å²) in [6.45, 7) is 0.546. The Morgan fingerprint density at radius 3 is 3.06 bits per heavy atom. The van der Waals surface area contributed by atoms with Crippen molar-refractivity contribution in [2.45, 2.75) is 6.61 Å². The molecule has 0 saturated heterocycles. The number of hydrogen-bond donors (Lipinski definition) is 0. The Kier molecular flexibility index (Phi) is 3.00. The molecule has 0 radical (unpaired) electrons. The number of nitrogens with zero attached hydrogens (tertiary/aromatic N) is 5. The van der Waals surface area contributed by atoms with Crippen LogP contribution < -0.4 is 0 Å². The van der Waals surface area contributed by atoms with Crippen molar-refractivity contribution in [3.63, 3.8) is 0 Å². The zero-order valence-electron chi connectivity index (χ0n) is 9.62. The topological polar surface area (TPSA) is 57.2 Å². The summed E-state index contributed by atoms with van der Waals surface area (Å²) in [5.41, 5.74) is 2.66. The minimum absolute atomic E-state index is 0.546. The molecule has 6 nitrogen and oxygen atoms in total. The Hall–Kier alpha value is -1.48. The van der Waals surface area contributed by atoms with Gasteiger partial charge in [0.15, 0.2) is 5.65 Å². The first kappa shape index (κ1) is 11.6. The lowest BCUT2D eigenvalue weighted by Crippen LogP contribution is -1.97. The minimum Gasteiger partial charge on any atom is -0.380 e. The quantitative estimate of drug-likeness (QED) is 0.530. The molecule has 3 heterocycles. The molecule has 0 aliphatic heterocycles. The Balaban J connectivity index is 2.09. The first-order valence-electron chi connectivity index (χ1n) is 5.30. The van der Waals surface area contributed by atoms with Crippen molar-refractivity contribution in [2.75, 3.05) is 7.11 Å². The van der Waals surface area contributed by atoms with Crippen molar-refractivity contribution in [3.05, 3.63) is 40.1 Å². The van der Waals surface area contributed by atoms with E-state index in [-0.39, 0.29) is 0 Å². The molecule has 0 aromatic carbocycles. The maximum Gasteiger partial charge on any atom is 0.182 e. The van der Waals surface area contributed by atoms with Crippen molar-refractivity contribution in [1.29, 1.82) is 0 Å². The van der Waals surface area contributed by atoms with Gasteiger partial charge in [-0.1, -0.05) is 0 Å². The van der Waals surface area contributed by atoms with Crippen LogP contribution in [0.15, 0.2) is 30.9 Å². The van der Waals surface area contributed by atoms with Crippen LogP contribution in [0.2, 0.25) is 0 Å². The van der Waals surface area contributed by atoms with Gasteiger partial charge in [0.2, 0.25) is 0 Å². The van der Waals surface area contributed by atoms with Gasteiger partial charge in [-0.2, -0.15) is 10.2 Å². The Morgan fingerprint density at radius 1 is 1.33 bits per heavy atom. The molecule has 18 heavy (non-hydrogen) atoms. The van der Waals surface area contributed by atoms with Crippen molar-refractivity contribution in [3.8, 4) is 5.69 Å². The van der Waals surface area contributed by atoms with E-state index in [0.29, 0.717) is 6.61 Å². The van der Waals surface area contributed by atoms with Crippen LogP contribution in [0.25, 0.3) is 11.3 Å². The van der Waals surface area contributed by atoms with E-state index in [4.69, 9.17) is 4.74 Å². The van der Waals surface area contributed by atoms with Crippen LogP contribution in [0.5, 0.6) is 0 Å². The molecule has 3 aromatic rings. The van der Waals surface area contributed by atoms with Crippen molar-refractivity contribution >= 4 is 28.2 Å². The number of methoxy groups -OCH3 is 1. The highest BCUT2D eigenvalue weighted by atomic mass is 127. The summed E-state index contributed by atoms with van der Waals surface area (Å²) < 4.78 is 9.49. The van der Waals surface area contributed by atoms with Gasteiger partial charge in [0.25, 0.3) is 0 Å². The molecule has 0 bridgehead atoms. The lowest BCUT2D eigenvalue weighted by molar-refractivity contribution is 0.185. The van der Waals surface area contributed by atoms with E-state index in [1.807, 2.05) is 18.5 Å². The number of hydrogen-bond acceptors (Lipinski definition) is 4. The zero-order valence-corrected chi connectivity index (χ0v) is 11.8. The second kappa shape index (κ2) is 4.65. The molecule has 7 heteroatoms. The minimum atomic E-state index is 0.546. The van der Waals surface area contributed by atoms with Crippen LogP contribution in [-0.2, 0) is 11.3 Å². The van der Waals surface area contributed by atoms with Crippen LogP contribution >= 0.6 is 22.6 Å². The first-order chi connectivity index (χ1) is 8.78. The molecule has 3 rings (SSSR count). The van der Waals surface area contributed by atoms with Gasteiger partial charge in [-0.05, 0) is 28.7 Å². The normalized spacial score (nSPS) is 11.2. The highest BCUT2D eigenvalue weighted by Gasteiger charge is 2.09. The maximum absolute atomic E-state index is 5.07. The molecule has 0 amide bonds. The lowest BCUT2D eigenvalue weighted by atomic mass is 10.4. The van der Waals surface area contributed by atoms with E-state index in [2.05, 4.69) is 37.8 Å². The number of halogens is 1. The molecule has 0 saturated carbocycles. The predicted octanol–water partition coefficient (Wildman–Crippen LogP) is 1.67. The van der Waals surface area contributed by atoms with Gasteiger partial charge in [-0.3, -0.25) is 0 Å². The Bertz CT molecular complexity index is 690. The molecule has 0 spiro atoms. The summed E-state index contributed by atoms with van der Waals surface area (Å²) in [5, 5.41) is 8.55. The standard InChI is InChI=1S/C11H10IN5O/c1-18-7-8-4-13-17(6-8)9-5-14-16-3-2-10(12)15-11(9)16/h2-6H,7H2,1H3. The van der Waals surface area contributed by atoms with Crippen molar-refractivity contribution < 1.29 is 4.74 Å². The number of rotatable bonds is 3. The van der Waals surface area contributed by atoms with Gasteiger partial charge in [0.05, 0.1) is 19.0 Å².